The molecule has 210 valence electrons. The van der Waals surface area contributed by atoms with Crippen molar-refractivity contribution in [1.29, 1.82) is 0 Å². The van der Waals surface area contributed by atoms with E-state index < -0.39 is 6.03 Å². The van der Waals surface area contributed by atoms with Crippen LogP contribution in [0.25, 0.3) is 0 Å². The molecule has 2 amide bonds. The van der Waals surface area contributed by atoms with Crippen LogP contribution < -0.4 is 25.6 Å². The molecule has 3 aromatic rings. The summed E-state index contributed by atoms with van der Waals surface area (Å²) in [6.07, 6.45) is 0. The van der Waals surface area contributed by atoms with Crippen molar-refractivity contribution in [3.05, 3.63) is 59.9 Å². The third kappa shape index (κ3) is 6.40. The molecule has 2 aliphatic heterocycles. The van der Waals surface area contributed by atoms with E-state index in [0.29, 0.717) is 30.4 Å². The highest BCUT2D eigenvalue weighted by Crippen LogP contribution is 2.46. The van der Waals surface area contributed by atoms with Crippen molar-refractivity contribution in [2.24, 2.45) is 4.99 Å². The van der Waals surface area contributed by atoms with E-state index in [4.69, 9.17) is 14.3 Å². The van der Waals surface area contributed by atoms with E-state index in [2.05, 4.69) is 36.8 Å². The predicted molar refractivity (Wildman–Crippen MR) is 154 cm³/mol. The first-order chi connectivity index (χ1) is 19.2. The maximum Gasteiger partial charge on any atom is 0.324 e. The molecule has 0 fully saturated rings. The molecular weight excluding hydrogens is 532 g/mol. The number of hydrogen-bond acceptors (Lipinski definition) is 10. The molecule has 2 aromatic carbocycles. The Morgan fingerprint density at radius 1 is 1.12 bits per heavy atom. The largest absolute Gasteiger partial charge is 0.492 e. The van der Waals surface area contributed by atoms with Gasteiger partial charge in [-0.05, 0) is 47.7 Å². The minimum atomic E-state index is -0.392. The highest BCUT2D eigenvalue weighted by molar-refractivity contribution is 8.14. The van der Waals surface area contributed by atoms with Gasteiger partial charge in [-0.2, -0.15) is 0 Å². The van der Waals surface area contributed by atoms with Crippen LogP contribution in [0.1, 0.15) is 38.1 Å². The lowest BCUT2D eigenvalue weighted by Crippen LogP contribution is -2.27. The lowest BCUT2D eigenvalue weighted by atomic mass is 9.93. The topological polar surface area (TPSA) is 130 Å². The maximum absolute atomic E-state index is 12.4. The average Bonchev–Trinajstić information content (AvgIpc) is 3.63. The number of urea groups is 1. The second kappa shape index (κ2) is 11.6. The number of anilines is 3. The molecule has 3 heterocycles. The molecule has 3 N–H and O–H groups in total. The van der Waals surface area contributed by atoms with Crippen LogP contribution in [0.4, 0.5) is 22.0 Å². The Labute approximate surface area is 236 Å². The Kier molecular flexibility index (Phi) is 7.99. The molecule has 1 atom stereocenters. The summed E-state index contributed by atoms with van der Waals surface area (Å²) >= 11 is 1.63. The number of hydrogen-bond donors (Lipinski definition) is 3. The van der Waals surface area contributed by atoms with Gasteiger partial charge >= 0.3 is 12.0 Å². The van der Waals surface area contributed by atoms with Gasteiger partial charge in [-0.25, -0.2) is 4.79 Å². The van der Waals surface area contributed by atoms with Crippen molar-refractivity contribution in [3.8, 4) is 5.75 Å². The van der Waals surface area contributed by atoms with Crippen molar-refractivity contribution in [2.75, 3.05) is 48.9 Å². The quantitative estimate of drug-likeness (QED) is 0.248. The Hall–Kier alpha value is -4.03. The number of benzene rings is 2. The molecule has 1 aromatic heterocycles. The fraction of sp³-hybridized carbons (Fsp3) is 0.357. The van der Waals surface area contributed by atoms with Crippen molar-refractivity contribution in [2.45, 2.75) is 37.1 Å². The molecule has 0 bridgehead atoms. The number of aliphatic imine (C=N–C) groups is 1. The normalized spacial score (nSPS) is 15.8. The minimum absolute atomic E-state index is 0.00119. The van der Waals surface area contributed by atoms with E-state index in [1.165, 1.54) is 7.11 Å². The number of fused-ring (bicyclic) bond motifs is 3. The first-order valence-electron chi connectivity index (χ1n) is 12.9. The van der Waals surface area contributed by atoms with Crippen molar-refractivity contribution in [1.82, 2.24) is 10.5 Å². The van der Waals surface area contributed by atoms with Crippen LogP contribution in [0.2, 0.25) is 0 Å². The molecular formula is C28H32N6O5S. The third-order valence-corrected chi connectivity index (χ3v) is 7.42. The fourth-order valence-corrected chi connectivity index (χ4v) is 5.32. The number of carbonyl (C=O) groups is 2. The van der Waals surface area contributed by atoms with Gasteiger partial charge in [-0.15, -0.1) is 0 Å². The Morgan fingerprint density at radius 2 is 1.93 bits per heavy atom. The second-order valence-electron chi connectivity index (χ2n) is 10.4. The summed E-state index contributed by atoms with van der Waals surface area (Å²) < 4.78 is 15.7. The Bertz CT molecular complexity index is 1420. The Balaban J connectivity index is 1.12. The number of esters is 1. The van der Waals surface area contributed by atoms with Crippen LogP contribution in [0.5, 0.6) is 5.75 Å². The number of amides is 2. The maximum atomic E-state index is 12.4. The van der Waals surface area contributed by atoms with Crippen LogP contribution in [-0.4, -0.2) is 55.7 Å². The number of carbonyl (C=O) groups excluding carboxylic acids is 2. The van der Waals surface area contributed by atoms with Crippen molar-refractivity contribution >= 4 is 46.1 Å². The fourth-order valence-electron chi connectivity index (χ4n) is 4.20. The summed E-state index contributed by atoms with van der Waals surface area (Å²) in [4.78, 5) is 31.8. The van der Waals surface area contributed by atoms with Gasteiger partial charge in [0.25, 0.3) is 0 Å². The standard InChI is InChI=1S/C28H32N6O5S/c1-28(2,3)23-14-24(33-39-23)32-26(36)30-18-7-5-17(6-8-18)20-16-34-21-10-9-19(13-22(21)40-27(34)31-20)38-12-11-29-15-25(35)37-4/h5-10,13-14,20,29H,11-12,15-16H2,1-4H3,(H2,30,32,33,36). The summed E-state index contributed by atoms with van der Waals surface area (Å²) in [7, 11) is 1.36. The third-order valence-electron chi connectivity index (χ3n) is 6.36. The van der Waals surface area contributed by atoms with Crippen LogP contribution >= 0.6 is 11.8 Å². The SMILES string of the molecule is COC(=O)CNCCOc1ccc2c(c1)SC1=NC(c3ccc(NC(=O)Nc4cc(C(C)(C)C)on4)cc3)CN12. The summed E-state index contributed by atoms with van der Waals surface area (Å²) in [6.45, 7) is 7.92. The summed E-state index contributed by atoms with van der Waals surface area (Å²) in [5.41, 5.74) is 2.66. The van der Waals surface area contributed by atoms with Crippen LogP contribution in [0.15, 0.2) is 62.9 Å². The number of methoxy groups -OCH3 is 1. The smallest absolute Gasteiger partial charge is 0.324 e. The van der Waals surface area contributed by atoms with E-state index in [9.17, 15) is 9.59 Å². The van der Waals surface area contributed by atoms with Gasteiger partial charge in [0.05, 0.1) is 31.9 Å². The lowest BCUT2D eigenvalue weighted by molar-refractivity contribution is -0.139. The van der Waals surface area contributed by atoms with E-state index >= 15 is 0 Å². The van der Waals surface area contributed by atoms with Gasteiger partial charge < -0.3 is 29.5 Å². The zero-order chi connectivity index (χ0) is 28.3. The number of nitrogens with one attached hydrogen (secondary N) is 3. The molecule has 12 heteroatoms. The van der Waals surface area contributed by atoms with Gasteiger partial charge in [0.15, 0.2) is 11.0 Å². The van der Waals surface area contributed by atoms with Crippen LogP contribution in [-0.2, 0) is 14.9 Å². The zero-order valence-corrected chi connectivity index (χ0v) is 23.6. The molecule has 2 aliphatic rings. The molecule has 11 nitrogen and oxygen atoms in total. The number of nitrogens with zero attached hydrogens (tertiary/aromatic N) is 3. The summed E-state index contributed by atoms with van der Waals surface area (Å²) in [5.74, 6) is 1.53. The zero-order valence-electron chi connectivity index (χ0n) is 22.8. The number of rotatable bonds is 9. The van der Waals surface area contributed by atoms with E-state index in [-0.39, 0.29) is 24.0 Å². The van der Waals surface area contributed by atoms with Crippen LogP contribution in [0.3, 0.4) is 0 Å². The van der Waals surface area contributed by atoms with Crippen molar-refractivity contribution < 1.29 is 23.6 Å². The Morgan fingerprint density at radius 3 is 2.65 bits per heavy atom. The molecule has 0 saturated carbocycles. The average molecular weight is 565 g/mol. The minimum Gasteiger partial charge on any atom is -0.492 e. The number of thioether (sulfide) groups is 1. The molecule has 5 rings (SSSR count). The number of aromatic nitrogens is 1. The van der Waals surface area contributed by atoms with E-state index in [1.807, 2.05) is 57.2 Å². The van der Waals surface area contributed by atoms with Gasteiger partial charge in [-0.1, -0.05) is 38.1 Å². The molecule has 0 radical (unpaired) electrons. The predicted octanol–water partition coefficient (Wildman–Crippen LogP) is 4.78. The monoisotopic (exact) mass is 564 g/mol. The first-order valence-corrected chi connectivity index (χ1v) is 13.7. The van der Waals surface area contributed by atoms with E-state index in [0.717, 1.165) is 33.6 Å². The van der Waals surface area contributed by atoms with E-state index in [1.54, 1.807) is 17.8 Å². The van der Waals surface area contributed by atoms with Crippen LogP contribution in [0, 0.1) is 0 Å². The van der Waals surface area contributed by atoms with Crippen molar-refractivity contribution in [3.63, 3.8) is 0 Å². The summed E-state index contributed by atoms with van der Waals surface area (Å²) in [6, 6.07) is 15.1. The van der Waals surface area contributed by atoms with Gasteiger partial charge in [0.2, 0.25) is 0 Å². The molecule has 1 unspecified atom stereocenters. The van der Waals surface area contributed by atoms with Gasteiger partial charge in [0, 0.05) is 28.6 Å². The highest BCUT2D eigenvalue weighted by Gasteiger charge is 2.35. The molecule has 0 saturated heterocycles. The first kappa shape index (κ1) is 27.5. The number of amidine groups is 1. The molecule has 0 spiro atoms. The number of ether oxygens (including phenoxy) is 2. The second-order valence-corrected chi connectivity index (χ2v) is 11.4. The molecule has 40 heavy (non-hydrogen) atoms. The highest BCUT2D eigenvalue weighted by atomic mass is 32.2. The summed E-state index contributed by atoms with van der Waals surface area (Å²) in [5, 5.41) is 13.4. The lowest BCUT2D eigenvalue weighted by Gasteiger charge is -2.16. The molecule has 0 aliphatic carbocycles. The van der Waals surface area contributed by atoms with Gasteiger partial charge in [0.1, 0.15) is 18.1 Å². The van der Waals surface area contributed by atoms with Gasteiger partial charge in [-0.3, -0.25) is 15.1 Å².